The lowest BCUT2D eigenvalue weighted by Crippen LogP contribution is -2.07. The minimum Gasteiger partial charge on any atom is -0.397 e. The van der Waals surface area contributed by atoms with Gasteiger partial charge in [0.1, 0.15) is 9.79 Å². The molecule has 0 aromatic heterocycles. The van der Waals surface area contributed by atoms with Crippen molar-refractivity contribution in [3.05, 3.63) is 24.3 Å². The summed E-state index contributed by atoms with van der Waals surface area (Å²) < 4.78 is 63.6. The summed E-state index contributed by atoms with van der Waals surface area (Å²) in [4.78, 5) is -1.19. The Hall–Kier alpha value is -1.88. The van der Waals surface area contributed by atoms with Crippen LogP contribution in [0.4, 0.5) is 11.4 Å². The molecule has 0 heterocycles. The molecule has 6 N–H and O–H groups in total. The first-order valence-electron chi connectivity index (χ1n) is 5.09. The standard InChI is InChI=1S/C10H10N2O6S2/c11-6-4-8(20(16,17)18)5-2-1-3-7(19(13,14)15)9(5)10(6)12/h1-4H,11-12H2,(H,13,14,15)(H,16,17,18). The maximum absolute atomic E-state index is 11.3. The maximum atomic E-state index is 11.3. The van der Waals surface area contributed by atoms with Gasteiger partial charge in [-0.3, -0.25) is 9.11 Å². The molecule has 10 heteroatoms. The van der Waals surface area contributed by atoms with Crippen LogP contribution in [0, 0.1) is 0 Å². The van der Waals surface area contributed by atoms with Gasteiger partial charge in [0.05, 0.1) is 11.4 Å². The Balaban J connectivity index is 3.17. The third-order valence-corrected chi connectivity index (χ3v) is 4.50. The molecule has 0 spiro atoms. The van der Waals surface area contributed by atoms with Gasteiger partial charge in [-0.2, -0.15) is 16.8 Å². The zero-order valence-electron chi connectivity index (χ0n) is 9.81. The van der Waals surface area contributed by atoms with Crippen LogP contribution in [0.25, 0.3) is 10.8 Å². The third-order valence-electron chi connectivity index (χ3n) is 2.71. The number of nitrogen functional groups attached to an aromatic ring is 2. The summed E-state index contributed by atoms with van der Waals surface area (Å²) in [5, 5.41) is -0.419. The number of nitrogens with two attached hydrogens (primary N) is 2. The van der Waals surface area contributed by atoms with E-state index < -0.39 is 30.0 Å². The number of anilines is 2. The SMILES string of the molecule is Nc1cc(S(=O)(=O)O)c2cccc(S(=O)(=O)O)c2c1N. The molecule has 0 saturated heterocycles. The van der Waals surface area contributed by atoms with Gasteiger partial charge in [-0.25, -0.2) is 0 Å². The van der Waals surface area contributed by atoms with E-state index in [-0.39, 0.29) is 22.1 Å². The van der Waals surface area contributed by atoms with Crippen LogP contribution in [-0.2, 0) is 20.2 Å². The molecule has 2 aromatic rings. The lowest BCUT2D eigenvalue weighted by atomic mass is 10.1. The zero-order valence-corrected chi connectivity index (χ0v) is 11.4. The zero-order chi connectivity index (χ0) is 15.3. The summed E-state index contributed by atoms with van der Waals surface area (Å²) in [6.07, 6.45) is 0. The quantitative estimate of drug-likeness (QED) is 0.459. The van der Waals surface area contributed by atoms with Gasteiger partial charge in [0.25, 0.3) is 20.2 Å². The normalized spacial score (nSPS) is 12.7. The molecule has 0 atom stereocenters. The molecule has 0 fully saturated rings. The van der Waals surface area contributed by atoms with Crippen molar-refractivity contribution in [1.29, 1.82) is 0 Å². The number of rotatable bonds is 2. The van der Waals surface area contributed by atoms with E-state index in [0.717, 1.165) is 12.1 Å². The van der Waals surface area contributed by atoms with E-state index in [1.165, 1.54) is 12.1 Å². The van der Waals surface area contributed by atoms with Crippen molar-refractivity contribution in [3.8, 4) is 0 Å². The number of benzene rings is 2. The molecule has 0 amide bonds. The Morgan fingerprint density at radius 3 is 1.95 bits per heavy atom. The molecule has 2 aromatic carbocycles. The molecule has 2 rings (SSSR count). The Bertz CT molecular complexity index is 888. The lowest BCUT2D eigenvalue weighted by molar-refractivity contribution is 0.481. The molecule has 8 nitrogen and oxygen atoms in total. The smallest absolute Gasteiger partial charge is 0.295 e. The van der Waals surface area contributed by atoms with Gasteiger partial charge in [-0.1, -0.05) is 12.1 Å². The van der Waals surface area contributed by atoms with Crippen molar-refractivity contribution < 1.29 is 25.9 Å². The van der Waals surface area contributed by atoms with Crippen LogP contribution in [0.5, 0.6) is 0 Å². The summed E-state index contributed by atoms with van der Waals surface area (Å²) in [6.45, 7) is 0. The van der Waals surface area contributed by atoms with E-state index in [2.05, 4.69) is 0 Å². The minimum absolute atomic E-state index is 0.158. The topological polar surface area (TPSA) is 161 Å². The lowest BCUT2D eigenvalue weighted by Gasteiger charge is -2.12. The second kappa shape index (κ2) is 4.31. The second-order valence-corrected chi connectivity index (χ2v) is 6.79. The van der Waals surface area contributed by atoms with Crippen molar-refractivity contribution in [1.82, 2.24) is 0 Å². The first kappa shape index (κ1) is 14.5. The van der Waals surface area contributed by atoms with Gasteiger partial charge in [0.2, 0.25) is 0 Å². The second-order valence-electron chi connectivity index (χ2n) is 4.01. The fourth-order valence-electron chi connectivity index (χ4n) is 1.88. The van der Waals surface area contributed by atoms with Crippen LogP contribution in [0.1, 0.15) is 0 Å². The fraction of sp³-hybridized carbons (Fsp3) is 0. The van der Waals surface area contributed by atoms with E-state index in [1.807, 2.05) is 0 Å². The highest BCUT2D eigenvalue weighted by molar-refractivity contribution is 7.86. The van der Waals surface area contributed by atoms with Crippen molar-refractivity contribution in [2.24, 2.45) is 0 Å². The molecular weight excluding hydrogens is 308 g/mol. The molecular formula is C10H10N2O6S2. The summed E-state index contributed by atoms with van der Waals surface area (Å²) in [7, 11) is -9.29. The summed E-state index contributed by atoms with van der Waals surface area (Å²) >= 11 is 0. The molecule has 20 heavy (non-hydrogen) atoms. The van der Waals surface area contributed by atoms with Crippen LogP contribution in [-0.4, -0.2) is 25.9 Å². The average molecular weight is 318 g/mol. The van der Waals surface area contributed by atoms with Crippen molar-refractivity contribution in [2.45, 2.75) is 9.79 Å². The molecule has 108 valence electrons. The number of hydrogen-bond acceptors (Lipinski definition) is 6. The van der Waals surface area contributed by atoms with Gasteiger partial charge in [-0.15, -0.1) is 0 Å². The Labute approximate surface area is 114 Å². The van der Waals surface area contributed by atoms with E-state index in [4.69, 9.17) is 20.6 Å². The Morgan fingerprint density at radius 2 is 1.45 bits per heavy atom. The van der Waals surface area contributed by atoms with Crippen LogP contribution in [0.15, 0.2) is 34.1 Å². The molecule has 0 aliphatic heterocycles. The monoisotopic (exact) mass is 318 g/mol. The summed E-state index contributed by atoms with van der Waals surface area (Å²) in [5.74, 6) is 0. The first-order valence-corrected chi connectivity index (χ1v) is 7.97. The van der Waals surface area contributed by atoms with Crippen molar-refractivity contribution >= 4 is 42.4 Å². The van der Waals surface area contributed by atoms with Gasteiger partial charge in [0, 0.05) is 10.8 Å². The predicted octanol–water partition coefficient (Wildman–Crippen LogP) is 0.498. The fourth-order valence-corrected chi connectivity index (χ4v) is 3.34. The van der Waals surface area contributed by atoms with Crippen molar-refractivity contribution in [2.75, 3.05) is 11.5 Å². The molecule has 0 unspecified atom stereocenters. The third kappa shape index (κ3) is 2.29. The van der Waals surface area contributed by atoms with E-state index in [1.54, 1.807) is 0 Å². The Morgan fingerprint density at radius 1 is 0.900 bits per heavy atom. The van der Waals surface area contributed by atoms with E-state index >= 15 is 0 Å². The summed E-state index contributed by atoms with van der Waals surface area (Å²) in [6, 6.07) is 4.40. The van der Waals surface area contributed by atoms with Crippen LogP contribution < -0.4 is 11.5 Å². The molecule has 0 saturated carbocycles. The largest absolute Gasteiger partial charge is 0.397 e. The van der Waals surface area contributed by atoms with Crippen LogP contribution in [0.3, 0.4) is 0 Å². The number of hydrogen-bond donors (Lipinski definition) is 4. The summed E-state index contributed by atoms with van der Waals surface area (Å²) in [5.41, 5.74) is 10.7. The first-order chi connectivity index (χ1) is 9.03. The highest BCUT2D eigenvalue weighted by Gasteiger charge is 2.23. The van der Waals surface area contributed by atoms with Gasteiger partial charge >= 0.3 is 0 Å². The molecule has 0 aliphatic rings. The van der Waals surface area contributed by atoms with Crippen LogP contribution >= 0.6 is 0 Å². The van der Waals surface area contributed by atoms with Gasteiger partial charge in [0.15, 0.2) is 0 Å². The predicted molar refractivity (Wildman–Crippen MR) is 72.4 cm³/mol. The maximum Gasteiger partial charge on any atom is 0.295 e. The minimum atomic E-state index is -4.64. The molecule has 0 aliphatic carbocycles. The van der Waals surface area contributed by atoms with E-state index in [9.17, 15) is 16.8 Å². The molecule has 0 bridgehead atoms. The average Bonchev–Trinajstić information content (AvgIpc) is 2.30. The Kier molecular flexibility index (Phi) is 3.13. The van der Waals surface area contributed by atoms with Crippen molar-refractivity contribution in [3.63, 3.8) is 0 Å². The molecule has 0 radical (unpaired) electrons. The number of fused-ring (bicyclic) bond motifs is 1. The van der Waals surface area contributed by atoms with Crippen LogP contribution in [0.2, 0.25) is 0 Å². The van der Waals surface area contributed by atoms with Gasteiger partial charge in [-0.05, 0) is 12.1 Å². The highest BCUT2D eigenvalue weighted by Crippen LogP contribution is 2.36. The van der Waals surface area contributed by atoms with E-state index in [0.29, 0.717) is 0 Å². The van der Waals surface area contributed by atoms with Gasteiger partial charge < -0.3 is 11.5 Å². The highest BCUT2D eigenvalue weighted by atomic mass is 32.2.